The van der Waals surface area contributed by atoms with Crippen LogP contribution < -0.4 is 0 Å². The average Bonchev–Trinajstić information content (AvgIpc) is 2.93. The molecule has 1 atom stereocenters. The van der Waals surface area contributed by atoms with Crippen LogP contribution in [-0.4, -0.2) is 35.9 Å². The number of sulfonamides is 1. The fourth-order valence-electron chi connectivity index (χ4n) is 2.82. The lowest BCUT2D eigenvalue weighted by molar-refractivity contribution is -0.147. The van der Waals surface area contributed by atoms with Gasteiger partial charge in [0.2, 0.25) is 10.0 Å². The Balaban J connectivity index is 2.59. The Bertz CT molecular complexity index is 708. The SMILES string of the molecule is CCC1(C(=O)O)CCCN1S(=O)(=O)c1ccccc1C#N. The maximum atomic E-state index is 12.8. The fraction of sp³-hybridized carbons (Fsp3) is 0.429. The lowest BCUT2D eigenvalue weighted by Gasteiger charge is -2.33. The van der Waals surface area contributed by atoms with Gasteiger partial charge in [0, 0.05) is 6.54 Å². The summed E-state index contributed by atoms with van der Waals surface area (Å²) in [7, 11) is -4.02. The minimum atomic E-state index is -4.02. The average molecular weight is 308 g/mol. The number of aliphatic carboxylic acids is 1. The highest BCUT2D eigenvalue weighted by atomic mass is 32.2. The first-order chi connectivity index (χ1) is 9.90. The van der Waals surface area contributed by atoms with Gasteiger partial charge >= 0.3 is 5.97 Å². The molecule has 0 aliphatic carbocycles. The molecule has 0 radical (unpaired) electrons. The number of carbonyl (C=O) groups is 1. The van der Waals surface area contributed by atoms with Gasteiger partial charge in [-0.15, -0.1) is 0 Å². The maximum Gasteiger partial charge on any atom is 0.325 e. The van der Waals surface area contributed by atoms with Crippen LogP contribution in [0.15, 0.2) is 29.2 Å². The van der Waals surface area contributed by atoms with E-state index < -0.39 is 21.5 Å². The third-order valence-corrected chi connectivity index (χ3v) is 6.01. The van der Waals surface area contributed by atoms with Crippen LogP contribution in [0.25, 0.3) is 0 Å². The van der Waals surface area contributed by atoms with Crippen molar-refractivity contribution in [1.29, 1.82) is 5.26 Å². The van der Waals surface area contributed by atoms with E-state index in [1.807, 2.05) is 6.07 Å². The zero-order valence-electron chi connectivity index (χ0n) is 11.6. The molecule has 112 valence electrons. The van der Waals surface area contributed by atoms with Crippen LogP contribution in [0, 0.1) is 11.3 Å². The molecule has 0 amide bonds. The van der Waals surface area contributed by atoms with Gasteiger partial charge in [-0.2, -0.15) is 9.57 Å². The Morgan fingerprint density at radius 2 is 2.14 bits per heavy atom. The molecular weight excluding hydrogens is 292 g/mol. The van der Waals surface area contributed by atoms with Crippen LogP contribution in [0.1, 0.15) is 31.7 Å². The number of rotatable bonds is 4. The van der Waals surface area contributed by atoms with Crippen molar-refractivity contribution in [2.45, 2.75) is 36.6 Å². The molecule has 0 spiro atoms. The molecule has 1 aromatic carbocycles. The van der Waals surface area contributed by atoms with Crippen LogP contribution in [0.3, 0.4) is 0 Å². The summed E-state index contributed by atoms with van der Waals surface area (Å²) >= 11 is 0. The summed E-state index contributed by atoms with van der Waals surface area (Å²) in [6.45, 7) is 1.82. The number of carboxylic acid groups (broad SMARTS) is 1. The van der Waals surface area contributed by atoms with Gasteiger partial charge in [0.25, 0.3) is 0 Å². The molecule has 1 heterocycles. The standard InChI is InChI=1S/C14H16N2O4S/c1-2-14(13(17)18)8-5-9-16(14)21(19,20)12-7-4-3-6-11(12)10-15/h3-4,6-7H,2,5,8-9H2,1H3,(H,17,18). The number of benzene rings is 1. The van der Waals surface area contributed by atoms with Crippen LogP contribution in [0.4, 0.5) is 0 Å². The van der Waals surface area contributed by atoms with Crippen LogP contribution in [0.5, 0.6) is 0 Å². The van der Waals surface area contributed by atoms with Gasteiger partial charge in [-0.25, -0.2) is 8.42 Å². The summed E-state index contributed by atoms with van der Waals surface area (Å²) in [5.41, 5.74) is -1.39. The molecular formula is C14H16N2O4S. The van der Waals surface area contributed by atoms with Crippen molar-refractivity contribution in [3.63, 3.8) is 0 Å². The van der Waals surface area contributed by atoms with Gasteiger partial charge in [-0.1, -0.05) is 19.1 Å². The second-order valence-corrected chi connectivity index (χ2v) is 6.81. The van der Waals surface area contributed by atoms with Gasteiger partial charge in [-0.05, 0) is 31.4 Å². The summed E-state index contributed by atoms with van der Waals surface area (Å²) in [4.78, 5) is 11.5. The minimum Gasteiger partial charge on any atom is -0.480 e. The second kappa shape index (κ2) is 5.47. The van der Waals surface area contributed by atoms with Gasteiger partial charge in [0.1, 0.15) is 11.6 Å². The summed E-state index contributed by atoms with van der Waals surface area (Å²) < 4.78 is 26.6. The molecule has 1 fully saturated rings. The van der Waals surface area contributed by atoms with Crippen molar-refractivity contribution in [3.05, 3.63) is 29.8 Å². The first-order valence-electron chi connectivity index (χ1n) is 6.65. The maximum absolute atomic E-state index is 12.8. The molecule has 7 heteroatoms. The van der Waals surface area contributed by atoms with Crippen molar-refractivity contribution in [1.82, 2.24) is 4.31 Å². The summed E-state index contributed by atoms with van der Waals surface area (Å²) in [5.74, 6) is -1.14. The highest BCUT2D eigenvalue weighted by Gasteiger charge is 2.52. The second-order valence-electron chi connectivity index (χ2n) is 4.98. The van der Waals surface area contributed by atoms with Crippen molar-refractivity contribution < 1.29 is 18.3 Å². The highest BCUT2D eigenvalue weighted by Crippen LogP contribution is 2.38. The smallest absolute Gasteiger partial charge is 0.325 e. The molecule has 1 aliphatic heterocycles. The Morgan fingerprint density at radius 1 is 1.48 bits per heavy atom. The fourth-order valence-corrected chi connectivity index (χ4v) is 4.83. The van der Waals surface area contributed by atoms with E-state index in [9.17, 15) is 18.3 Å². The minimum absolute atomic E-state index is 0.0276. The number of hydrogen-bond donors (Lipinski definition) is 1. The van der Waals surface area contributed by atoms with Crippen molar-refractivity contribution in [3.8, 4) is 6.07 Å². The molecule has 0 saturated carbocycles. The molecule has 6 nitrogen and oxygen atoms in total. The van der Waals surface area contributed by atoms with E-state index in [1.165, 1.54) is 18.2 Å². The normalized spacial score (nSPS) is 22.9. The van der Waals surface area contributed by atoms with E-state index in [-0.39, 0.29) is 29.8 Å². The van der Waals surface area contributed by atoms with Gasteiger partial charge in [0.15, 0.2) is 0 Å². The molecule has 1 unspecified atom stereocenters. The molecule has 0 aromatic heterocycles. The molecule has 1 aromatic rings. The van der Waals surface area contributed by atoms with E-state index in [4.69, 9.17) is 5.26 Å². The van der Waals surface area contributed by atoms with Gasteiger partial charge < -0.3 is 5.11 Å². The first-order valence-corrected chi connectivity index (χ1v) is 8.09. The lowest BCUT2D eigenvalue weighted by Crippen LogP contribution is -2.52. The number of carboxylic acids is 1. The third kappa shape index (κ3) is 2.30. The first kappa shape index (κ1) is 15.5. The summed E-state index contributed by atoms with van der Waals surface area (Å²) in [6, 6.07) is 7.70. The molecule has 2 rings (SSSR count). The Kier molecular flexibility index (Phi) is 4.03. The van der Waals surface area contributed by atoms with E-state index in [0.29, 0.717) is 6.42 Å². The summed E-state index contributed by atoms with van der Waals surface area (Å²) in [5, 5.41) is 18.6. The third-order valence-electron chi connectivity index (χ3n) is 3.99. The van der Waals surface area contributed by atoms with E-state index in [0.717, 1.165) is 4.31 Å². The number of nitriles is 1. The zero-order valence-corrected chi connectivity index (χ0v) is 12.4. The Hall–Kier alpha value is -1.91. The topological polar surface area (TPSA) is 98.5 Å². The predicted molar refractivity (Wildman–Crippen MR) is 74.9 cm³/mol. The predicted octanol–water partition coefficient (Wildman–Crippen LogP) is 1.58. The highest BCUT2D eigenvalue weighted by molar-refractivity contribution is 7.89. The zero-order chi connectivity index (χ0) is 15.7. The summed E-state index contributed by atoms with van der Waals surface area (Å²) in [6.07, 6.45) is 0.969. The number of nitrogens with zero attached hydrogens (tertiary/aromatic N) is 2. The van der Waals surface area contributed by atoms with Crippen molar-refractivity contribution in [2.75, 3.05) is 6.54 Å². The van der Waals surface area contributed by atoms with Gasteiger partial charge in [-0.3, -0.25) is 4.79 Å². The van der Waals surface area contributed by atoms with E-state index >= 15 is 0 Å². The van der Waals surface area contributed by atoms with E-state index in [1.54, 1.807) is 13.0 Å². The van der Waals surface area contributed by atoms with Crippen LogP contribution in [0.2, 0.25) is 0 Å². The molecule has 1 N–H and O–H groups in total. The monoisotopic (exact) mass is 308 g/mol. The molecule has 1 saturated heterocycles. The Labute approximate surface area is 123 Å². The lowest BCUT2D eigenvalue weighted by atomic mass is 9.95. The Morgan fingerprint density at radius 3 is 2.71 bits per heavy atom. The molecule has 21 heavy (non-hydrogen) atoms. The molecule has 1 aliphatic rings. The quantitative estimate of drug-likeness (QED) is 0.910. The van der Waals surface area contributed by atoms with Gasteiger partial charge in [0.05, 0.1) is 10.5 Å². The van der Waals surface area contributed by atoms with Crippen LogP contribution in [-0.2, 0) is 14.8 Å². The van der Waals surface area contributed by atoms with Crippen molar-refractivity contribution >= 4 is 16.0 Å². The molecule has 0 bridgehead atoms. The van der Waals surface area contributed by atoms with Crippen molar-refractivity contribution in [2.24, 2.45) is 0 Å². The van der Waals surface area contributed by atoms with Crippen LogP contribution >= 0.6 is 0 Å². The van der Waals surface area contributed by atoms with E-state index in [2.05, 4.69) is 0 Å². The number of hydrogen-bond acceptors (Lipinski definition) is 4. The largest absolute Gasteiger partial charge is 0.480 e.